The van der Waals surface area contributed by atoms with E-state index in [0.29, 0.717) is 33.9 Å². The summed E-state index contributed by atoms with van der Waals surface area (Å²) in [6.07, 6.45) is -0.707. The van der Waals surface area contributed by atoms with Crippen molar-refractivity contribution in [3.63, 3.8) is 0 Å². The number of ketones is 1. The van der Waals surface area contributed by atoms with Gasteiger partial charge in [-0.15, -0.1) is 0 Å². The third-order valence-electron chi connectivity index (χ3n) is 4.16. The van der Waals surface area contributed by atoms with E-state index in [4.69, 9.17) is 14.2 Å². The molecular weight excluding hydrogens is 338 g/mol. The Morgan fingerprint density at radius 3 is 2.35 bits per heavy atom. The van der Waals surface area contributed by atoms with Crippen molar-refractivity contribution in [1.82, 2.24) is 4.98 Å². The van der Waals surface area contributed by atoms with Gasteiger partial charge in [0.25, 0.3) is 0 Å². The number of hydrogen-bond acceptors (Lipinski definition) is 6. The Morgan fingerprint density at radius 1 is 1.15 bits per heavy atom. The number of esters is 1. The summed E-state index contributed by atoms with van der Waals surface area (Å²) in [5.74, 6) is -0.0893. The second kappa shape index (κ2) is 8.05. The molecule has 0 fully saturated rings. The van der Waals surface area contributed by atoms with E-state index >= 15 is 0 Å². The van der Waals surface area contributed by atoms with Crippen LogP contribution in [-0.2, 0) is 4.74 Å². The number of aromatic nitrogens is 1. The van der Waals surface area contributed by atoms with E-state index in [2.05, 4.69) is 4.98 Å². The number of benzene rings is 1. The molecule has 140 valence electrons. The molecule has 0 amide bonds. The molecule has 0 radical (unpaired) electrons. The highest BCUT2D eigenvalue weighted by atomic mass is 16.5. The molecule has 0 saturated carbocycles. The number of aliphatic hydroxyl groups is 1. The van der Waals surface area contributed by atoms with E-state index in [9.17, 15) is 14.7 Å². The molecule has 0 aliphatic carbocycles. The highest BCUT2D eigenvalue weighted by Crippen LogP contribution is 2.28. The minimum absolute atomic E-state index is 0.235. The van der Waals surface area contributed by atoms with Crippen LogP contribution >= 0.6 is 0 Å². The summed E-state index contributed by atoms with van der Waals surface area (Å²) < 4.78 is 15.4. The number of methoxy groups -OCH3 is 2. The molecule has 1 aromatic heterocycles. The first-order valence-electron chi connectivity index (χ1n) is 8.09. The topological polar surface area (TPSA) is 97.9 Å². The number of aromatic amines is 1. The third kappa shape index (κ3) is 3.88. The van der Waals surface area contributed by atoms with Crippen LogP contribution in [0.3, 0.4) is 0 Å². The molecule has 0 spiro atoms. The second-order valence-electron chi connectivity index (χ2n) is 5.91. The molecule has 2 aromatic rings. The fourth-order valence-electron chi connectivity index (χ4n) is 2.89. The number of hydrogen-bond donors (Lipinski definition) is 2. The molecule has 7 heteroatoms. The van der Waals surface area contributed by atoms with E-state index in [1.54, 1.807) is 32.9 Å². The number of Topliss-reactive ketones (excluding diaryl/α,β-unsaturated/α-hetero) is 1. The average Bonchev–Trinajstić information content (AvgIpc) is 2.93. The van der Waals surface area contributed by atoms with Gasteiger partial charge in [-0.3, -0.25) is 4.79 Å². The lowest BCUT2D eigenvalue weighted by Gasteiger charge is -2.09. The van der Waals surface area contributed by atoms with Crippen LogP contribution in [0.5, 0.6) is 11.5 Å². The predicted molar refractivity (Wildman–Crippen MR) is 95.1 cm³/mol. The fraction of sp³-hybridized carbons (Fsp3) is 0.368. The highest BCUT2D eigenvalue weighted by molar-refractivity contribution is 5.99. The monoisotopic (exact) mass is 361 g/mol. The van der Waals surface area contributed by atoms with E-state index in [0.717, 1.165) is 0 Å². The first-order chi connectivity index (χ1) is 12.3. The van der Waals surface area contributed by atoms with Gasteiger partial charge in [0.1, 0.15) is 5.69 Å². The van der Waals surface area contributed by atoms with Crippen molar-refractivity contribution in [1.29, 1.82) is 0 Å². The minimum Gasteiger partial charge on any atom is -0.493 e. The van der Waals surface area contributed by atoms with Crippen LogP contribution in [0.1, 0.15) is 50.7 Å². The van der Waals surface area contributed by atoms with Gasteiger partial charge in [-0.1, -0.05) is 0 Å². The SMILES string of the molecule is COc1ccc(C(=O)COC(=O)c2[nH]c(C)c([C@@H](C)O)c2C)cc1OC. The Morgan fingerprint density at radius 2 is 1.81 bits per heavy atom. The maximum absolute atomic E-state index is 12.3. The lowest BCUT2D eigenvalue weighted by molar-refractivity contribution is 0.0468. The van der Waals surface area contributed by atoms with Crippen LogP contribution in [0.2, 0.25) is 0 Å². The number of nitrogens with one attached hydrogen (secondary N) is 1. The average molecular weight is 361 g/mol. The van der Waals surface area contributed by atoms with Gasteiger partial charge in [-0.05, 0) is 44.5 Å². The molecular formula is C19H23NO6. The van der Waals surface area contributed by atoms with Gasteiger partial charge in [0, 0.05) is 16.8 Å². The first-order valence-corrected chi connectivity index (χ1v) is 8.09. The van der Waals surface area contributed by atoms with Gasteiger partial charge in [0.05, 0.1) is 20.3 Å². The second-order valence-corrected chi connectivity index (χ2v) is 5.91. The van der Waals surface area contributed by atoms with Crippen LogP contribution in [-0.4, -0.2) is 42.7 Å². The Kier molecular flexibility index (Phi) is 6.05. The maximum Gasteiger partial charge on any atom is 0.355 e. The smallest absolute Gasteiger partial charge is 0.355 e. The van der Waals surface area contributed by atoms with Gasteiger partial charge < -0.3 is 24.3 Å². The molecule has 1 heterocycles. The number of rotatable bonds is 7. The molecule has 2 N–H and O–H groups in total. The molecule has 0 aliphatic rings. The van der Waals surface area contributed by atoms with Gasteiger partial charge in [-0.25, -0.2) is 4.79 Å². The van der Waals surface area contributed by atoms with Crippen molar-refractivity contribution in [2.24, 2.45) is 0 Å². The van der Waals surface area contributed by atoms with E-state index in [1.807, 2.05) is 0 Å². The summed E-state index contributed by atoms with van der Waals surface area (Å²) in [6.45, 7) is 4.70. The number of carbonyl (C=O) groups excluding carboxylic acids is 2. The summed E-state index contributed by atoms with van der Waals surface area (Å²) in [6, 6.07) is 4.72. The largest absolute Gasteiger partial charge is 0.493 e. The highest BCUT2D eigenvalue weighted by Gasteiger charge is 2.22. The molecule has 7 nitrogen and oxygen atoms in total. The number of H-pyrrole nitrogens is 1. The van der Waals surface area contributed by atoms with Crippen LogP contribution < -0.4 is 9.47 Å². The summed E-state index contributed by atoms with van der Waals surface area (Å²) in [5, 5.41) is 9.79. The summed E-state index contributed by atoms with van der Waals surface area (Å²) in [5.41, 5.74) is 2.54. The van der Waals surface area contributed by atoms with E-state index < -0.39 is 18.7 Å². The summed E-state index contributed by atoms with van der Waals surface area (Å²) in [4.78, 5) is 27.5. The zero-order chi connectivity index (χ0) is 19.4. The van der Waals surface area contributed by atoms with Crippen molar-refractivity contribution in [2.45, 2.75) is 26.9 Å². The zero-order valence-corrected chi connectivity index (χ0v) is 15.5. The van der Waals surface area contributed by atoms with Crippen molar-refractivity contribution in [3.8, 4) is 11.5 Å². The normalized spacial score (nSPS) is 11.8. The minimum atomic E-state index is -0.707. The van der Waals surface area contributed by atoms with Crippen molar-refractivity contribution < 1.29 is 28.9 Å². The quantitative estimate of drug-likeness (QED) is 0.581. The number of aliphatic hydroxyl groups excluding tert-OH is 1. The molecule has 0 bridgehead atoms. The van der Waals surface area contributed by atoms with Gasteiger partial charge in [0.2, 0.25) is 0 Å². The fourth-order valence-corrected chi connectivity index (χ4v) is 2.89. The molecule has 0 aliphatic heterocycles. The Hall–Kier alpha value is -2.80. The summed E-state index contributed by atoms with van der Waals surface area (Å²) in [7, 11) is 2.98. The van der Waals surface area contributed by atoms with Crippen molar-refractivity contribution in [2.75, 3.05) is 20.8 Å². The molecule has 2 rings (SSSR count). The van der Waals surface area contributed by atoms with Crippen LogP contribution in [0.15, 0.2) is 18.2 Å². The van der Waals surface area contributed by atoms with Gasteiger partial charge in [0.15, 0.2) is 23.9 Å². The Balaban J connectivity index is 2.10. The van der Waals surface area contributed by atoms with Crippen LogP contribution in [0.25, 0.3) is 0 Å². The molecule has 26 heavy (non-hydrogen) atoms. The third-order valence-corrected chi connectivity index (χ3v) is 4.16. The molecule has 1 atom stereocenters. The zero-order valence-electron chi connectivity index (χ0n) is 15.5. The lowest BCUT2D eigenvalue weighted by atomic mass is 10.1. The van der Waals surface area contributed by atoms with Crippen molar-refractivity contribution >= 4 is 11.8 Å². The van der Waals surface area contributed by atoms with Crippen LogP contribution in [0.4, 0.5) is 0 Å². The van der Waals surface area contributed by atoms with Crippen molar-refractivity contribution in [3.05, 3.63) is 46.3 Å². The number of ether oxygens (including phenoxy) is 3. The lowest BCUT2D eigenvalue weighted by Crippen LogP contribution is -2.15. The summed E-state index contributed by atoms with van der Waals surface area (Å²) >= 11 is 0. The Labute approximate surface area is 151 Å². The standard InChI is InChI=1S/C19H23NO6/c1-10-17(12(3)21)11(2)20-18(10)19(23)26-9-14(22)13-6-7-15(24-4)16(8-13)25-5/h6-8,12,20-21H,9H2,1-5H3/t12-/m1/s1. The predicted octanol–water partition coefficient (Wildman–Crippen LogP) is 2.74. The van der Waals surface area contributed by atoms with Gasteiger partial charge in [-0.2, -0.15) is 0 Å². The maximum atomic E-state index is 12.3. The van der Waals surface area contributed by atoms with E-state index in [-0.39, 0.29) is 11.5 Å². The van der Waals surface area contributed by atoms with Crippen LogP contribution in [0, 0.1) is 13.8 Å². The van der Waals surface area contributed by atoms with E-state index in [1.165, 1.54) is 20.3 Å². The first kappa shape index (κ1) is 19.5. The molecule has 0 unspecified atom stereocenters. The number of carbonyl (C=O) groups is 2. The Bertz CT molecular complexity index is 822. The molecule has 0 saturated heterocycles. The molecule has 1 aromatic carbocycles. The van der Waals surface area contributed by atoms with Gasteiger partial charge >= 0.3 is 5.97 Å². The number of aryl methyl sites for hydroxylation is 1.